The summed E-state index contributed by atoms with van der Waals surface area (Å²) < 4.78 is 4.63. The van der Waals surface area contributed by atoms with Gasteiger partial charge < -0.3 is 29.7 Å². The molecule has 0 bridgehead atoms. The molecule has 0 spiro atoms. The van der Waals surface area contributed by atoms with Gasteiger partial charge in [-0.05, 0) is 35.4 Å². The summed E-state index contributed by atoms with van der Waals surface area (Å²) >= 11 is 3.13. The van der Waals surface area contributed by atoms with Crippen LogP contribution in [0.2, 0.25) is 0 Å². The first-order chi connectivity index (χ1) is 28.5. The number of fused-ring (bicyclic) bond motifs is 20. The number of amides is 2. The van der Waals surface area contributed by atoms with Crippen LogP contribution in [0, 0.1) is 0 Å². The van der Waals surface area contributed by atoms with Gasteiger partial charge in [0.1, 0.15) is 0 Å². The summed E-state index contributed by atoms with van der Waals surface area (Å²) in [6, 6.07) is 33.2. The Balaban J connectivity index is 0.000000131. The third-order valence-corrected chi connectivity index (χ3v) is 12.0. The summed E-state index contributed by atoms with van der Waals surface area (Å²) in [6.45, 7) is 14.0. The van der Waals surface area contributed by atoms with Crippen molar-refractivity contribution in [1.29, 1.82) is 0 Å². The number of aromatic nitrogens is 4. The summed E-state index contributed by atoms with van der Waals surface area (Å²) in [4.78, 5) is 32.7. The van der Waals surface area contributed by atoms with E-state index < -0.39 is 0 Å². The van der Waals surface area contributed by atoms with Crippen LogP contribution in [-0.4, -0.2) is 36.2 Å². The number of alkyl halides is 1. The maximum Gasteiger partial charge on any atom is 0.252 e. The van der Waals surface area contributed by atoms with Gasteiger partial charge in [-0.25, -0.2) is 0 Å². The van der Waals surface area contributed by atoms with Gasteiger partial charge in [0.2, 0.25) is 0 Å². The quantitative estimate of drug-likeness (QED) is 0.103. The molecule has 0 atom stereocenters. The fourth-order valence-electron chi connectivity index (χ4n) is 9.45. The Morgan fingerprint density at radius 1 is 0.534 bits per heavy atom. The molecular weight excluding hydrogens is 784 g/mol. The van der Waals surface area contributed by atoms with Gasteiger partial charge in [-0.1, -0.05) is 107 Å². The molecule has 9 heteroatoms. The Morgan fingerprint density at radius 3 is 1.48 bits per heavy atom. The number of carbonyl (C=O) groups excluding carboxylic acids is 2. The molecule has 10 aromatic rings. The molecule has 2 aliphatic rings. The predicted octanol–water partition coefficient (Wildman–Crippen LogP) is 11.3. The van der Waals surface area contributed by atoms with Crippen LogP contribution in [0.25, 0.3) is 87.2 Å². The van der Waals surface area contributed by atoms with Crippen molar-refractivity contribution in [3.63, 3.8) is 0 Å². The van der Waals surface area contributed by atoms with Gasteiger partial charge in [-0.2, -0.15) is 0 Å². The zero-order valence-electron chi connectivity index (χ0n) is 31.7. The van der Waals surface area contributed by atoms with E-state index in [1.54, 1.807) is 6.08 Å². The van der Waals surface area contributed by atoms with Crippen molar-refractivity contribution in [2.75, 3.05) is 5.33 Å². The summed E-state index contributed by atoms with van der Waals surface area (Å²) in [7, 11) is 0. The minimum atomic E-state index is 0.0129. The number of allylic oxidation sites excluding steroid dienone is 3. The van der Waals surface area contributed by atoms with E-state index in [-0.39, 0.29) is 11.8 Å². The highest BCUT2D eigenvalue weighted by Crippen LogP contribution is 2.45. The number of aromatic amines is 2. The number of benzene rings is 6. The van der Waals surface area contributed by atoms with Crippen LogP contribution < -0.4 is 10.6 Å². The molecule has 2 aliphatic heterocycles. The first kappa shape index (κ1) is 35.6. The van der Waals surface area contributed by atoms with E-state index in [2.05, 4.69) is 132 Å². The number of H-pyrrole nitrogens is 2. The number of halogens is 1. The summed E-state index contributed by atoms with van der Waals surface area (Å²) in [5.41, 5.74) is 12.6. The molecule has 0 aliphatic carbocycles. The van der Waals surface area contributed by atoms with Crippen molar-refractivity contribution in [2.24, 2.45) is 0 Å². The second-order valence-electron chi connectivity index (χ2n) is 14.6. The van der Waals surface area contributed by atoms with Gasteiger partial charge >= 0.3 is 0 Å². The topological polar surface area (TPSA) is 99.6 Å². The van der Waals surface area contributed by atoms with Gasteiger partial charge in [0.25, 0.3) is 11.8 Å². The van der Waals surface area contributed by atoms with Gasteiger partial charge in [0.05, 0.1) is 33.2 Å². The maximum absolute atomic E-state index is 13.0. The van der Waals surface area contributed by atoms with Gasteiger partial charge in [0, 0.05) is 96.7 Å². The molecule has 0 radical (unpaired) electrons. The van der Waals surface area contributed by atoms with Crippen LogP contribution >= 0.6 is 15.9 Å². The highest BCUT2D eigenvalue weighted by atomic mass is 79.9. The third-order valence-electron chi connectivity index (χ3n) is 11.6. The molecule has 0 fully saturated rings. The Morgan fingerprint density at radius 2 is 0.948 bits per heavy atom. The second kappa shape index (κ2) is 14.0. The average molecular weight is 824 g/mol. The number of para-hydroxylation sites is 4. The molecular formula is C49H39BrN6O2. The summed E-state index contributed by atoms with van der Waals surface area (Å²) in [6.07, 6.45) is 5.65. The monoisotopic (exact) mass is 822 g/mol. The molecule has 284 valence electrons. The molecule has 8 nitrogen and oxygen atoms in total. The first-order valence-corrected chi connectivity index (χ1v) is 20.5. The number of nitrogens with one attached hydrogen (secondary N) is 4. The summed E-state index contributed by atoms with van der Waals surface area (Å²) in [5.74, 6) is 0.0332. The lowest BCUT2D eigenvalue weighted by Crippen LogP contribution is -2.12. The first-order valence-electron chi connectivity index (χ1n) is 19.4. The van der Waals surface area contributed by atoms with Crippen LogP contribution in [0.1, 0.15) is 31.8 Å². The predicted molar refractivity (Wildman–Crippen MR) is 244 cm³/mol. The molecule has 4 N–H and O–H groups in total. The zero-order valence-corrected chi connectivity index (χ0v) is 33.3. The van der Waals surface area contributed by atoms with E-state index in [0.717, 1.165) is 93.1 Å². The minimum absolute atomic E-state index is 0.0129. The Bertz CT molecular complexity index is 3390. The van der Waals surface area contributed by atoms with Gasteiger partial charge in [-0.15, -0.1) is 19.7 Å². The number of nitrogens with zero attached hydrogens (tertiary/aromatic N) is 2. The lowest BCUT2D eigenvalue weighted by Gasteiger charge is -2.11. The van der Waals surface area contributed by atoms with Crippen molar-refractivity contribution >= 4 is 115 Å². The highest BCUT2D eigenvalue weighted by Gasteiger charge is 2.32. The lowest BCUT2D eigenvalue weighted by atomic mass is 9.97. The molecule has 6 heterocycles. The van der Waals surface area contributed by atoms with Crippen molar-refractivity contribution in [3.8, 4) is 0 Å². The standard InChI is InChI=1S/C26H21N3O.C20H13N3O.C3H5Br/c1-3-13-28-19-11-7-5-9-16(19)21-18-15-27-26(30)23(18)22-17-10-6-8-12-20(17)29(14-4-2)25(22)24(21)28;24-20-17-12(9-21-20)15-10-5-1-3-7-13(10)22-18(15)19-16(17)11-6-2-4-8-14(11)23-19;1-2-3-4/h3-12H,1-2,13-15H2,(H,27,30);1-8,22-23H,9H2,(H,21,24);2H,1,3H2. The van der Waals surface area contributed by atoms with Crippen LogP contribution in [0.5, 0.6) is 0 Å². The lowest BCUT2D eigenvalue weighted by molar-refractivity contribution is 0.0959. The van der Waals surface area contributed by atoms with Gasteiger partial charge in [-0.3, -0.25) is 9.59 Å². The molecule has 58 heavy (non-hydrogen) atoms. The zero-order chi connectivity index (χ0) is 39.7. The van der Waals surface area contributed by atoms with Crippen molar-refractivity contribution in [1.82, 2.24) is 29.7 Å². The Hall–Kier alpha value is -6.84. The fourth-order valence-corrected chi connectivity index (χ4v) is 9.45. The maximum atomic E-state index is 13.0. The molecule has 6 aromatic carbocycles. The van der Waals surface area contributed by atoms with Crippen LogP contribution in [0.3, 0.4) is 0 Å². The highest BCUT2D eigenvalue weighted by molar-refractivity contribution is 9.09. The van der Waals surface area contributed by atoms with Crippen LogP contribution in [-0.2, 0) is 26.2 Å². The van der Waals surface area contributed by atoms with E-state index in [9.17, 15) is 9.59 Å². The van der Waals surface area contributed by atoms with E-state index in [1.165, 1.54) is 21.7 Å². The van der Waals surface area contributed by atoms with Crippen LogP contribution in [0.4, 0.5) is 0 Å². The molecule has 0 saturated heterocycles. The largest absolute Gasteiger partial charge is 0.353 e. The number of carbonyl (C=O) groups is 2. The van der Waals surface area contributed by atoms with E-state index >= 15 is 0 Å². The van der Waals surface area contributed by atoms with E-state index in [0.29, 0.717) is 26.2 Å². The van der Waals surface area contributed by atoms with E-state index in [1.807, 2.05) is 42.5 Å². The second-order valence-corrected chi connectivity index (χ2v) is 15.3. The smallest absolute Gasteiger partial charge is 0.252 e. The normalized spacial score (nSPS) is 13.2. The molecule has 2 amide bonds. The molecule has 4 aromatic heterocycles. The Labute approximate surface area is 341 Å². The fraction of sp³-hybridized carbons (Fsp3) is 0.102. The number of hydrogen-bond donors (Lipinski definition) is 4. The SMILES string of the molecule is C=CCBr.C=CCn1c2ccccc2c2c3c(c4c5ccccc5n(CC=C)c4c21)C(=O)NC3.O=C1NCc2c1c1c3ccccc3[nH]c1c1[nH]c3ccccc3c21. The molecule has 0 unspecified atom stereocenters. The minimum Gasteiger partial charge on any atom is -0.353 e. The van der Waals surface area contributed by atoms with Crippen molar-refractivity contribution in [2.45, 2.75) is 26.2 Å². The van der Waals surface area contributed by atoms with Crippen molar-refractivity contribution < 1.29 is 9.59 Å². The summed E-state index contributed by atoms with van der Waals surface area (Å²) in [5, 5.41) is 15.9. The van der Waals surface area contributed by atoms with Crippen LogP contribution in [0.15, 0.2) is 135 Å². The number of rotatable bonds is 5. The number of hydrogen-bond acceptors (Lipinski definition) is 2. The Kier molecular flexibility index (Phi) is 8.56. The van der Waals surface area contributed by atoms with E-state index in [4.69, 9.17) is 0 Å². The molecule has 0 saturated carbocycles. The average Bonchev–Trinajstić information content (AvgIpc) is 4.11. The van der Waals surface area contributed by atoms with Crippen molar-refractivity contribution in [3.05, 3.63) is 157 Å². The van der Waals surface area contributed by atoms with Gasteiger partial charge in [0.15, 0.2) is 0 Å². The molecule has 12 rings (SSSR count). The third kappa shape index (κ3) is 5.06.